The number of hydrogen-bond donors (Lipinski definition) is 3. The Morgan fingerprint density at radius 3 is 2.61 bits per heavy atom. The second-order valence-corrected chi connectivity index (χ2v) is 5.85. The highest BCUT2D eigenvalue weighted by Crippen LogP contribution is 2.09. The van der Waals surface area contributed by atoms with Gasteiger partial charge in [0.05, 0.1) is 0 Å². The molecule has 0 aliphatic carbocycles. The van der Waals surface area contributed by atoms with Gasteiger partial charge < -0.3 is 10.3 Å². The predicted octanol–water partition coefficient (Wildman–Crippen LogP) is -0.403. The molecule has 0 aliphatic heterocycles. The van der Waals surface area contributed by atoms with Gasteiger partial charge in [0.2, 0.25) is 10.0 Å². The summed E-state index contributed by atoms with van der Waals surface area (Å²) in [7, 11) is 0.400. The first-order valence-corrected chi connectivity index (χ1v) is 7.01. The van der Waals surface area contributed by atoms with Crippen molar-refractivity contribution < 1.29 is 8.42 Å². The number of nitrogens with zero attached hydrogens (tertiary/aromatic N) is 2. The van der Waals surface area contributed by atoms with Crippen molar-refractivity contribution in [3.05, 3.63) is 18.3 Å². The number of anilines is 1. The molecule has 1 heterocycles. The lowest BCUT2D eigenvalue weighted by molar-refractivity contribution is 0.400. The molecule has 0 saturated carbocycles. The second kappa shape index (κ2) is 6.64. The lowest BCUT2D eigenvalue weighted by Gasteiger charge is -2.10. The molecule has 0 fully saturated rings. The summed E-state index contributed by atoms with van der Waals surface area (Å²) in [6.07, 6.45) is 2.02. The molecule has 0 aromatic carbocycles. The third-order valence-electron chi connectivity index (χ3n) is 2.27. The number of hydrogen-bond acceptors (Lipinski definition) is 6. The van der Waals surface area contributed by atoms with Crippen LogP contribution in [0.2, 0.25) is 0 Å². The van der Waals surface area contributed by atoms with E-state index in [1.54, 1.807) is 0 Å². The maximum absolute atomic E-state index is 11.9. The molecule has 7 nitrogen and oxygen atoms in total. The molecule has 1 rings (SSSR count). The lowest BCUT2D eigenvalue weighted by atomic mass is 10.4. The first kappa shape index (κ1) is 14.8. The monoisotopic (exact) mass is 273 g/mol. The van der Waals surface area contributed by atoms with E-state index in [2.05, 4.69) is 15.1 Å². The minimum absolute atomic E-state index is 0.131. The zero-order valence-corrected chi connectivity index (χ0v) is 11.4. The van der Waals surface area contributed by atoms with Gasteiger partial charge in [0, 0.05) is 12.7 Å². The molecule has 0 aliphatic rings. The predicted molar refractivity (Wildman–Crippen MR) is 70.4 cm³/mol. The van der Waals surface area contributed by atoms with Crippen LogP contribution in [0.25, 0.3) is 0 Å². The van der Waals surface area contributed by atoms with Crippen LogP contribution in [-0.2, 0) is 10.0 Å². The van der Waals surface area contributed by atoms with Crippen LogP contribution in [0.4, 0.5) is 5.82 Å². The van der Waals surface area contributed by atoms with Crippen molar-refractivity contribution in [2.75, 3.05) is 32.6 Å². The van der Waals surface area contributed by atoms with Crippen molar-refractivity contribution in [3.63, 3.8) is 0 Å². The highest BCUT2D eigenvalue weighted by atomic mass is 32.2. The minimum Gasteiger partial charge on any atom is -0.309 e. The van der Waals surface area contributed by atoms with Gasteiger partial charge in [0.25, 0.3) is 0 Å². The van der Waals surface area contributed by atoms with Gasteiger partial charge in [-0.25, -0.2) is 24.0 Å². The van der Waals surface area contributed by atoms with Crippen molar-refractivity contribution in [2.24, 2.45) is 5.84 Å². The zero-order valence-electron chi connectivity index (χ0n) is 10.5. The Bertz CT molecular complexity index is 458. The van der Waals surface area contributed by atoms with Crippen LogP contribution in [0.3, 0.4) is 0 Å². The molecule has 1 aromatic heterocycles. The Balaban J connectivity index is 2.57. The Kier molecular flexibility index (Phi) is 5.48. The first-order chi connectivity index (χ1) is 8.45. The molecule has 0 radical (unpaired) electrons. The van der Waals surface area contributed by atoms with Crippen molar-refractivity contribution in [3.8, 4) is 0 Å². The number of pyridine rings is 1. The third kappa shape index (κ3) is 4.57. The molecule has 0 atom stereocenters. The normalized spacial score (nSPS) is 11.8. The van der Waals surface area contributed by atoms with Crippen LogP contribution in [-0.4, -0.2) is 45.5 Å². The smallest absolute Gasteiger partial charge is 0.242 e. The van der Waals surface area contributed by atoms with Crippen molar-refractivity contribution in [1.29, 1.82) is 0 Å². The summed E-state index contributed by atoms with van der Waals surface area (Å²) in [6.45, 7) is 1.23. The largest absolute Gasteiger partial charge is 0.309 e. The average Bonchev–Trinajstić information content (AvgIpc) is 2.34. The summed E-state index contributed by atoms with van der Waals surface area (Å²) in [5.74, 6) is 5.57. The average molecular weight is 273 g/mol. The van der Waals surface area contributed by atoms with E-state index in [0.717, 1.165) is 13.0 Å². The molecule has 0 saturated heterocycles. The summed E-state index contributed by atoms with van der Waals surface area (Å²) >= 11 is 0. The van der Waals surface area contributed by atoms with E-state index in [1.807, 2.05) is 19.0 Å². The highest BCUT2D eigenvalue weighted by Gasteiger charge is 2.13. The van der Waals surface area contributed by atoms with E-state index in [0.29, 0.717) is 12.4 Å². The first-order valence-electron chi connectivity index (χ1n) is 5.53. The van der Waals surface area contributed by atoms with Gasteiger partial charge in [-0.1, -0.05) is 0 Å². The SMILES string of the molecule is CN(C)CCCNS(=O)(=O)c1ccc(NN)nc1. The highest BCUT2D eigenvalue weighted by molar-refractivity contribution is 7.89. The van der Waals surface area contributed by atoms with E-state index in [4.69, 9.17) is 5.84 Å². The van der Waals surface area contributed by atoms with Crippen LogP contribution in [0.15, 0.2) is 23.2 Å². The number of rotatable bonds is 7. The fraction of sp³-hybridized carbons (Fsp3) is 0.500. The van der Waals surface area contributed by atoms with Gasteiger partial charge >= 0.3 is 0 Å². The van der Waals surface area contributed by atoms with Gasteiger partial charge in [-0.3, -0.25) is 0 Å². The zero-order chi connectivity index (χ0) is 13.6. The molecule has 0 amide bonds. The van der Waals surface area contributed by atoms with E-state index in [1.165, 1.54) is 18.3 Å². The van der Waals surface area contributed by atoms with E-state index >= 15 is 0 Å². The van der Waals surface area contributed by atoms with E-state index in [-0.39, 0.29) is 4.90 Å². The van der Waals surface area contributed by atoms with E-state index in [9.17, 15) is 8.42 Å². The molecule has 0 unspecified atom stereocenters. The molecule has 102 valence electrons. The van der Waals surface area contributed by atoms with Gasteiger partial charge in [0.1, 0.15) is 10.7 Å². The molecule has 18 heavy (non-hydrogen) atoms. The second-order valence-electron chi connectivity index (χ2n) is 4.08. The van der Waals surface area contributed by atoms with E-state index < -0.39 is 10.0 Å². The van der Waals surface area contributed by atoms with Crippen LogP contribution in [0, 0.1) is 0 Å². The van der Waals surface area contributed by atoms with Crippen LogP contribution >= 0.6 is 0 Å². The number of sulfonamides is 1. The Hall–Kier alpha value is -1.22. The summed E-state index contributed by atoms with van der Waals surface area (Å²) in [5.41, 5.74) is 2.34. The Morgan fingerprint density at radius 2 is 2.11 bits per heavy atom. The van der Waals surface area contributed by atoms with Gasteiger partial charge in [-0.2, -0.15) is 0 Å². The molecular weight excluding hydrogens is 254 g/mol. The molecule has 0 spiro atoms. The fourth-order valence-electron chi connectivity index (χ4n) is 1.31. The van der Waals surface area contributed by atoms with Gasteiger partial charge in [-0.05, 0) is 39.2 Å². The standard InChI is InChI=1S/C10H19N5O2S/c1-15(2)7-3-6-13-18(16,17)9-4-5-10(14-11)12-8-9/h4-5,8,13H,3,6-7,11H2,1-2H3,(H,12,14). The number of nitrogens with two attached hydrogens (primary N) is 1. The lowest BCUT2D eigenvalue weighted by Crippen LogP contribution is -2.27. The molecule has 0 bridgehead atoms. The summed E-state index contributed by atoms with van der Waals surface area (Å²) < 4.78 is 26.2. The number of aromatic nitrogens is 1. The topological polar surface area (TPSA) is 100 Å². The van der Waals surface area contributed by atoms with Crippen molar-refractivity contribution in [1.82, 2.24) is 14.6 Å². The Labute approximate surface area is 107 Å². The fourth-order valence-corrected chi connectivity index (χ4v) is 2.33. The van der Waals surface area contributed by atoms with Crippen LogP contribution in [0.5, 0.6) is 0 Å². The molecular formula is C10H19N5O2S. The van der Waals surface area contributed by atoms with Crippen molar-refractivity contribution >= 4 is 15.8 Å². The number of nitrogen functional groups attached to an aromatic ring is 1. The Morgan fingerprint density at radius 1 is 1.39 bits per heavy atom. The maximum Gasteiger partial charge on any atom is 0.242 e. The van der Waals surface area contributed by atoms with Crippen molar-refractivity contribution in [2.45, 2.75) is 11.3 Å². The molecule has 8 heteroatoms. The third-order valence-corrected chi connectivity index (χ3v) is 3.71. The minimum atomic E-state index is -3.48. The summed E-state index contributed by atoms with van der Waals surface area (Å²) in [6, 6.07) is 2.96. The molecule has 1 aromatic rings. The van der Waals surface area contributed by atoms with Crippen LogP contribution in [0.1, 0.15) is 6.42 Å². The summed E-state index contributed by atoms with van der Waals surface area (Å²) in [5, 5.41) is 0. The summed E-state index contributed by atoms with van der Waals surface area (Å²) in [4.78, 5) is 5.98. The number of hydrazine groups is 1. The van der Waals surface area contributed by atoms with Gasteiger partial charge in [-0.15, -0.1) is 0 Å². The maximum atomic E-state index is 11.9. The quantitative estimate of drug-likeness (QED) is 0.355. The van der Waals surface area contributed by atoms with Crippen LogP contribution < -0.4 is 16.0 Å². The number of nitrogens with one attached hydrogen (secondary N) is 2. The molecule has 4 N–H and O–H groups in total. The van der Waals surface area contributed by atoms with Gasteiger partial charge in [0.15, 0.2) is 0 Å².